The summed E-state index contributed by atoms with van der Waals surface area (Å²) in [5.74, 6) is 0.699. The summed E-state index contributed by atoms with van der Waals surface area (Å²) in [5.41, 5.74) is -0.209. The molecular formula is C11H17N5O3. The van der Waals surface area contributed by atoms with Crippen molar-refractivity contribution in [1.82, 2.24) is 15.3 Å². The molecule has 1 aromatic heterocycles. The zero-order valence-electron chi connectivity index (χ0n) is 10.8. The number of methoxy groups -OCH3 is 1. The third-order valence-corrected chi connectivity index (χ3v) is 3.18. The van der Waals surface area contributed by atoms with Crippen molar-refractivity contribution < 1.29 is 9.66 Å². The zero-order valence-corrected chi connectivity index (χ0v) is 10.8. The van der Waals surface area contributed by atoms with Gasteiger partial charge in [0.15, 0.2) is 0 Å². The predicted molar refractivity (Wildman–Crippen MR) is 69.3 cm³/mol. The summed E-state index contributed by atoms with van der Waals surface area (Å²) in [6.07, 6.45) is 3.38. The van der Waals surface area contributed by atoms with Crippen molar-refractivity contribution in [2.45, 2.75) is 12.8 Å². The van der Waals surface area contributed by atoms with Crippen LogP contribution in [0.25, 0.3) is 0 Å². The Bertz CT molecular complexity index is 448. The largest absolute Gasteiger partial charge is 0.476 e. The van der Waals surface area contributed by atoms with Crippen molar-refractivity contribution in [2.75, 3.05) is 32.1 Å². The molecule has 8 heteroatoms. The van der Waals surface area contributed by atoms with Gasteiger partial charge in [-0.1, -0.05) is 0 Å². The second-order valence-electron chi connectivity index (χ2n) is 4.41. The van der Waals surface area contributed by atoms with Crippen LogP contribution in [0.2, 0.25) is 0 Å². The molecule has 0 bridgehead atoms. The summed E-state index contributed by atoms with van der Waals surface area (Å²) in [6.45, 7) is 2.64. The smallest absolute Gasteiger partial charge is 0.372 e. The first-order valence-corrected chi connectivity index (χ1v) is 6.20. The van der Waals surface area contributed by atoms with Gasteiger partial charge in [-0.3, -0.25) is 10.1 Å². The van der Waals surface area contributed by atoms with Gasteiger partial charge >= 0.3 is 5.69 Å². The van der Waals surface area contributed by atoms with E-state index < -0.39 is 4.92 Å². The third kappa shape index (κ3) is 3.28. The van der Waals surface area contributed by atoms with Crippen molar-refractivity contribution >= 4 is 11.5 Å². The fourth-order valence-corrected chi connectivity index (χ4v) is 2.13. The lowest BCUT2D eigenvalue weighted by Gasteiger charge is -2.22. The number of aromatic nitrogens is 2. The summed E-state index contributed by atoms with van der Waals surface area (Å²) in [6, 6.07) is 0. The van der Waals surface area contributed by atoms with Crippen LogP contribution in [-0.4, -0.2) is 41.6 Å². The zero-order chi connectivity index (χ0) is 13.7. The molecular weight excluding hydrogens is 250 g/mol. The number of nitro groups is 1. The molecule has 8 nitrogen and oxygen atoms in total. The molecule has 2 N–H and O–H groups in total. The number of nitrogens with one attached hydrogen (secondary N) is 2. The van der Waals surface area contributed by atoms with Gasteiger partial charge in [-0.25, -0.2) is 4.98 Å². The topological polar surface area (TPSA) is 102 Å². The van der Waals surface area contributed by atoms with Crippen molar-refractivity contribution in [3.8, 4) is 5.88 Å². The molecule has 19 heavy (non-hydrogen) atoms. The van der Waals surface area contributed by atoms with Crippen LogP contribution in [0, 0.1) is 16.0 Å². The van der Waals surface area contributed by atoms with Gasteiger partial charge in [0, 0.05) is 6.54 Å². The van der Waals surface area contributed by atoms with Crippen LogP contribution in [0.3, 0.4) is 0 Å². The van der Waals surface area contributed by atoms with Gasteiger partial charge in [-0.2, -0.15) is 4.98 Å². The highest BCUT2D eigenvalue weighted by Crippen LogP contribution is 2.30. The third-order valence-electron chi connectivity index (χ3n) is 3.18. The highest BCUT2D eigenvalue weighted by Gasteiger charge is 2.24. The van der Waals surface area contributed by atoms with Gasteiger partial charge in [0.05, 0.1) is 12.0 Å². The molecule has 0 saturated carbocycles. The van der Waals surface area contributed by atoms with E-state index in [-0.39, 0.29) is 17.4 Å². The minimum atomic E-state index is -0.524. The monoisotopic (exact) mass is 267 g/mol. The standard InChI is InChI=1S/C11H17N5O3/c1-19-11-9(16(17)18)10(14-7-15-11)13-6-8-2-4-12-5-3-8/h7-8,12H,2-6H2,1H3,(H,13,14,15). The minimum Gasteiger partial charge on any atom is -0.476 e. The number of hydrogen-bond donors (Lipinski definition) is 2. The lowest BCUT2D eigenvalue weighted by Crippen LogP contribution is -2.31. The van der Waals surface area contributed by atoms with E-state index in [1.807, 2.05) is 0 Å². The molecule has 1 aliphatic rings. The maximum Gasteiger partial charge on any atom is 0.372 e. The summed E-state index contributed by atoms with van der Waals surface area (Å²) in [7, 11) is 1.35. The van der Waals surface area contributed by atoms with Crippen molar-refractivity contribution in [3.05, 3.63) is 16.4 Å². The molecule has 1 aliphatic heterocycles. The van der Waals surface area contributed by atoms with Crippen LogP contribution in [0.4, 0.5) is 11.5 Å². The molecule has 2 rings (SSSR count). The summed E-state index contributed by atoms with van der Waals surface area (Å²) < 4.78 is 4.90. The van der Waals surface area contributed by atoms with E-state index in [2.05, 4.69) is 20.6 Å². The van der Waals surface area contributed by atoms with Gasteiger partial charge in [0.25, 0.3) is 5.88 Å². The van der Waals surface area contributed by atoms with Crippen LogP contribution in [-0.2, 0) is 0 Å². The second-order valence-corrected chi connectivity index (χ2v) is 4.41. The van der Waals surface area contributed by atoms with Crippen LogP contribution in [0.1, 0.15) is 12.8 Å². The summed E-state index contributed by atoms with van der Waals surface area (Å²) >= 11 is 0. The van der Waals surface area contributed by atoms with Gasteiger partial charge in [-0.15, -0.1) is 0 Å². The fraction of sp³-hybridized carbons (Fsp3) is 0.636. The number of ether oxygens (including phenoxy) is 1. The molecule has 0 aliphatic carbocycles. The van der Waals surface area contributed by atoms with E-state index in [1.54, 1.807) is 0 Å². The number of hydrogen-bond acceptors (Lipinski definition) is 7. The number of piperidine rings is 1. The molecule has 1 saturated heterocycles. The first-order valence-electron chi connectivity index (χ1n) is 6.20. The maximum atomic E-state index is 11.0. The van der Waals surface area contributed by atoms with E-state index in [0.29, 0.717) is 12.5 Å². The summed E-state index contributed by atoms with van der Waals surface area (Å²) in [5, 5.41) is 17.4. The van der Waals surface area contributed by atoms with E-state index >= 15 is 0 Å². The lowest BCUT2D eigenvalue weighted by atomic mass is 9.98. The van der Waals surface area contributed by atoms with Crippen LogP contribution < -0.4 is 15.4 Å². The Labute approximate surface area is 110 Å². The molecule has 104 valence electrons. The predicted octanol–water partition coefficient (Wildman–Crippen LogP) is 0.805. The van der Waals surface area contributed by atoms with E-state index in [9.17, 15) is 10.1 Å². The van der Waals surface area contributed by atoms with Crippen molar-refractivity contribution in [1.29, 1.82) is 0 Å². The molecule has 1 fully saturated rings. The van der Waals surface area contributed by atoms with Gasteiger partial charge in [0.1, 0.15) is 6.33 Å². The number of rotatable bonds is 5. The Morgan fingerprint density at radius 3 is 2.89 bits per heavy atom. The van der Waals surface area contributed by atoms with Crippen LogP contribution >= 0.6 is 0 Å². The van der Waals surface area contributed by atoms with Crippen LogP contribution in [0.15, 0.2) is 6.33 Å². The van der Waals surface area contributed by atoms with Gasteiger partial charge < -0.3 is 15.4 Å². The van der Waals surface area contributed by atoms with Gasteiger partial charge in [0.2, 0.25) is 5.82 Å². The molecule has 0 unspecified atom stereocenters. The molecule has 1 aromatic rings. The van der Waals surface area contributed by atoms with E-state index in [1.165, 1.54) is 13.4 Å². The lowest BCUT2D eigenvalue weighted by molar-refractivity contribution is -0.385. The van der Waals surface area contributed by atoms with Crippen LogP contribution in [0.5, 0.6) is 5.88 Å². The molecule has 0 aromatic carbocycles. The first kappa shape index (κ1) is 13.5. The Kier molecular flexibility index (Phi) is 4.45. The average molecular weight is 267 g/mol. The van der Waals surface area contributed by atoms with Crippen molar-refractivity contribution in [3.63, 3.8) is 0 Å². The molecule has 2 heterocycles. The highest BCUT2D eigenvalue weighted by atomic mass is 16.6. The normalized spacial score (nSPS) is 16.1. The highest BCUT2D eigenvalue weighted by molar-refractivity contribution is 5.61. The molecule has 0 radical (unpaired) electrons. The average Bonchev–Trinajstić information content (AvgIpc) is 2.45. The maximum absolute atomic E-state index is 11.0. The Balaban J connectivity index is 2.08. The minimum absolute atomic E-state index is 0.0205. The molecule has 0 spiro atoms. The molecule has 0 amide bonds. The van der Waals surface area contributed by atoms with Crippen molar-refractivity contribution in [2.24, 2.45) is 5.92 Å². The van der Waals surface area contributed by atoms with E-state index in [4.69, 9.17) is 4.74 Å². The number of anilines is 1. The molecule has 0 atom stereocenters. The Morgan fingerprint density at radius 1 is 1.53 bits per heavy atom. The quantitative estimate of drug-likeness (QED) is 0.601. The SMILES string of the molecule is COc1ncnc(NCC2CCNCC2)c1[N+](=O)[O-]. The number of nitrogens with zero attached hydrogens (tertiary/aromatic N) is 3. The Morgan fingerprint density at radius 2 is 2.26 bits per heavy atom. The van der Waals surface area contributed by atoms with Gasteiger partial charge in [-0.05, 0) is 31.8 Å². The Hall–Kier alpha value is -1.96. The summed E-state index contributed by atoms with van der Waals surface area (Å²) in [4.78, 5) is 18.2. The second kappa shape index (κ2) is 6.28. The fourth-order valence-electron chi connectivity index (χ4n) is 2.13. The first-order chi connectivity index (χ1) is 9.22. The van der Waals surface area contributed by atoms with E-state index in [0.717, 1.165) is 25.9 Å².